The number of urea groups is 1. The molecule has 0 radical (unpaired) electrons. The maximum Gasteiger partial charge on any atom is 0.324 e. The van der Waals surface area contributed by atoms with Crippen LogP contribution in [0.1, 0.15) is 28.2 Å². The van der Waals surface area contributed by atoms with Crippen molar-refractivity contribution in [1.29, 1.82) is 0 Å². The topological polar surface area (TPSA) is 103 Å². The van der Waals surface area contributed by atoms with Gasteiger partial charge in [0, 0.05) is 32.7 Å². The maximum absolute atomic E-state index is 13.3. The van der Waals surface area contributed by atoms with Gasteiger partial charge in [0.15, 0.2) is 5.96 Å². The number of guanidine groups is 1. The monoisotopic (exact) mass is 512 g/mol. The number of nitrogens with two attached hydrogens (primary N) is 1. The van der Waals surface area contributed by atoms with Crippen LogP contribution in [0.5, 0.6) is 0 Å². The summed E-state index contributed by atoms with van der Waals surface area (Å²) in [6, 6.07) is 27.6. The molecule has 3 amide bonds. The van der Waals surface area contributed by atoms with Gasteiger partial charge in [-0.15, -0.1) is 0 Å². The molecule has 8 nitrogen and oxygen atoms in total. The molecular weight excluding hydrogens is 476 g/mol. The van der Waals surface area contributed by atoms with E-state index in [1.807, 2.05) is 92.0 Å². The fourth-order valence-corrected chi connectivity index (χ4v) is 4.46. The highest BCUT2D eigenvalue weighted by atomic mass is 16.2. The minimum Gasteiger partial charge on any atom is -0.370 e. The summed E-state index contributed by atoms with van der Waals surface area (Å²) in [5.41, 5.74) is 9.99. The van der Waals surface area contributed by atoms with Crippen molar-refractivity contribution >= 4 is 17.9 Å². The molecule has 8 heteroatoms. The van der Waals surface area contributed by atoms with E-state index in [9.17, 15) is 9.59 Å². The Morgan fingerprint density at radius 1 is 0.868 bits per heavy atom. The summed E-state index contributed by atoms with van der Waals surface area (Å²) in [6.45, 7) is 3.75. The number of amides is 3. The molecule has 3 aromatic rings. The average molecular weight is 513 g/mol. The lowest BCUT2D eigenvalue weighted by atomic mass is 9.91. The molecule has 4 N–H and O–H groups in total. The second-order valence-electron chi connectivity index (χ2n) is 9.61. The lowest BCUT2D eigenvalue weighted by molar-refractivity contribution is -0.122. The molecule has 1 saturated heterocycles. The first-order valence-corrected chi connectivity index (χ1v) is 13.0. The van der Waals surface area contributed by atoms with E-state index in [0.717, 1.165) is 35.3 Å². The first-order chi connectivity index (χ1) is 18.5. The molecule has 1 heterocycles. The van der Waals surface area contributed by atoms with Crippen molar-refractivity contribution in [3.05, 3.63) is 107 Å². The van der Waals surface area contributed by atoms with Gasteiger partial charge in [-0.3, -0.25) is 10.1 Å². The molecule has 198 valence electrons. The molecule has 1 atom stereocenters. The molecule has 1 aliphatic heterocycles. The first kappa shape index (κ1) is 26.9. The van der Waals surface area contributed by atoms with Crippen LogP contribution in [0.15, 0.2) is 89.9 Å². The number of aliphatic imine (C=N–C) groups is 1. The summed E-state index contributed by atoms with van der Waals surface area (Å²) in [6.07, 6.45) is 0.630. The Balaban J connectivity index is 1.33. The van der Waals surface area contributed by atoms with E-state index < -0.39 is 0 Å². The number of hydrogen-bond acceptors (Lipinski definition) is 4. The third-order valence-corrected chi connectivity index (χ3v) is 6.72. The summed E-state index contributed by atoms with van der Waals surface area (Å²) in [5.74, 6) is -0.200. The molecule has 0 aromatic heterocycles. The van der Waals surface area contributed by atoms with Crippen molar-refractivity contribution < 1.29 is 9.59 Å². The van der Waals surface area contributed by atoms with Crippen molar-refractivity contribution in [3.63, 3.8) is 0 Å². The van der Waals surface area contributed by atoms with E-state index in [2.05, 4.69) is 20.5 Å². The van der Waals surface area contributed by atoms with Crippen LogP contribution in [0.2, 0.25) is 0 Å². The standard InChI is InChI=1S/C30H36N6O2/c1-35-15-17-36(18-16-35)30(38)34-29(31)33-22-25-12-8-11-24(19-25)21-32-28(37)27(26-13-6-3-7-14-26)20-23-9-4-2-5-10-23/h2-14,19,27H,15-18,20-22H2,1H3,(H,32,37)(H3,31,33,34,38). The number of carbonyl (C=O) groups excluding carboxylic acids is 2. The minimum atomic E-state index is -0.282. The van der Waals surface area contributed by atoms with Crippen LogP contribution >= 0.6 is 0 Å². The number of rotatable bonds is 8. The van der Waals surface area contributed by atoms with Gasteiger partial charge in [-0.1, -0.05) is 84.9 Å². The number of piperazine rings is 1. The van der Waals surface area contributed by atoms with Crippen LogP contribution in [-0.4, -0.2) is 60.9 Å². The Morgan fingerprint density at radius 2 is 1.50 bits per heavy atom. The molecule has 38 heavy (non-hydrogen) atoms. The third kappa shape index (κ3) is 7.91. The van der Waals surface area contributed by atoms with Gasteiger partial charge in [0.1, 0.15) is 0 Å². The van der Waals surface area contributed by atoms with Crippen LogP contribution in [0.3, 0.4) is 0 Å². The van der Waals surface area contributed by atoms with E-state index in [1.165, 1.54) is 0 Å². The second-order valence-corrected chi connectivity index (χ2v) is 9.61. The van der Waals surface area contributed by atoms with Gasteiger partial charge in [0.05, 0.1) is 12.5 Å². The largest absolute Gasteiger partial charge is 0.370 e. The van der Waals surface area contributed by atoms with Crippen molar-refractivity contribution in [1.82, 2.24) is 20.4 Å². The predicted molar refractivity (Wildman–Crippen MR) is 151 cm³/mol. The summed E-state index contributed by atoms with van der Waals surface area (Å²) in [7, 11) is 2.04. The molecule has 0 spiro atoms. The second kappa shape index (κ2) is 13.4. The van der Waals surface area contributed by atoms with E-state index >= 15 is 0 Å². The molecule has 0 bridgehead atoms. The van der Waals surface area contributed by atoms with E-state index in [1.54, 1.807) is 4.90 Å². The van der Waals surface area contributed by atoms with Crippen molar-refractivity contribution in [2.75, 3.05) is 33.2 Å². The molecule has 4 rings (SSSR count). The number of benzene rings is 3. The highest BCUT2D eigenvalue weighted by molar-refractivity contribution is 5.95. The van der Waals surface area contributed by atoms with Gasteiger partial charge >= 0.3 is 6.03 Å². The zero-order valence-corrected chi connectivity index (χ0v) is 21.8. The van der Waals surface area contributed by atoms with E-state index in [0.29, 0.717) is 32.6 Å². The van der Waals surface area contributed by atoms with Crippen LogP contribution in [0.4, 0.5) is 4.79 Å². The number of likely N-dealkylation sites (N-methyl/N-ethyl adjacent to an activating group) is 1. The van der Waals surface area contributed by atoms with Crippen molar-refractivity contribution in [2.24, 2.45) is 10.7 Å². The molecule has 1 unspecified atom stereocenters. The quantitative estimate of drug-likeness (QED) is 0.319. The lowest BCUT2D eigenvalue weighted by Crippen LogP contribution is -2.53. The number of hydrogen-bond donors (Lipinski definition) is 3. The van der Waals surface area contributed by atoms with Crippen LogP contribution in [-0.2, 0) is 24.3 Å². The van der Waals surface area contributed by atoms with E-state index in [4.69, 9.17) is 5.73 Å². The van der Waals surface area contributed by atoms with Gasteiger partial charge in [-0.2, -0.15) is 0 Å². The molecule has 3 aromatic carbocycles. The Kier molecular flexibility index (Phi) is 9.48. The highest BCUT2D eigenvalue weighted by Gasteiger charge is 2.21. The van der Waals surface area contributed by atoms with Crippen molar-refractivity contribution in [2.45, 2.75) is 25.4 Å². The number of nitrogens with one attached hydrogen (secondary N) is 2. The van der Waals surface area contributed by atoms with Crippen LogP contribution < -0.4 is 16.4 Å². The Bertz CT molecular complexity index is 1220. The lowest BCUT2D eigenvalue weighted by Gasteiger charge is -2.32. The number of nitrogens with zero attached hydrogens (tertiary/aromatic N) is 3. The summed E-state index contributed by atoms with van der Waals surface area (Å²) in [5, 5.41) is 5.79. The summed E-state index contributed by atoms with van der Waals surface area (Å²) >= 11 is 0. The SMILES string of the molecule is CN1CCN(C(=O)NC(N)=NCc2cccc(CNC(=O)C(Cc3ccccc3)c3ccccc3)c2)CC1. The fraction of sp³-hybridized carbons (Fsp3) is 0.300. The van der Waals surface area contributed by atoms with Gasteiger partial charge in [0.2, 0.25) is 5.91 Å². The Hall–Kier alpha value is -4.17. The van der Waals surface area contributed by atoms with Gasteiger partial charge < -0.3 is 20.9 Å². The predicted octanol–water partition coefficient (Wildman–Crippen LogP) is 3.10. The van der Waals surface area contributed by atoms with E-state index in [-0.39, 0.29) is 23.8 Å². The molecule has 0 saturated carbocycles. The van der Waals surface area contributed by atoms with Gasteiger partial charge in [-0.05, 0) is 35.7 Å². The highest BCUT2D eigenvalue weighted by Crippen LogP contribution is 2.21. The minimum absolute atomic E-state index is 0.0145. The zero-order valence-electron chi connectivity index (χ0n) is 21.8. The molecular formula is C30H36N6O2. The molecule has 1 fully saturated rings. The van der Waals surface area contributed by atoms with Gasteiger partial charge in [0.25, 0.3) is 0 Å². The summed E-state index contributed by atoms with van der Waals surface area (Å²) in [4.78, 5) is 33.9. The smallest absolute Gasteiger partial charge is 0.324 e. The number of carbonyl (C=O) groups is 2. The average Bonchev–Trinajstić information content (AvgIpc) is 2.95. The van der Waals surface area contributed by atoms with Crippen LogP contribution in [0.25, 0.3) is 0 Å². The third-order valence-electron chi connectivity index (χ3n) is 6.72. The molecule has 1 aliphatic rings. The Morgan fingerprint density at radius 3 is 2.21 bits per heavy atom. The zero-order chi connectivity index (χ0) is 26.7. The Labute approximate surface area is 224 Å². The van der Waals surface area contributed by atoms with Gasteiger partial charge in [-0.25, -0.2) is 9.79 Å². The molecule has 0 aliphatic carbocycles. The summed E-state index contributed by atoms with van der Waals surface area (Å²) < 4.78 is 0. The van der Waals surface area contributed by atoms with Crippen molar-refractivity contribution in [3.8, 4) is 0 Å². The fourth-order valence-electron chi connectivity index (χ4n) is 4.46. The maximum atomic E-state index is 13.3. The normalized spacial score (nSPS) is 15.1. The first-order valence-electron chi connectivity index (χ1n) is 13.0. The van der Waals surface area contributed by atoms with Crippen LogP contribution in [0, 0.1) is 0 Å².